The fourth-order valence-corrected chi connectivity index (χ4v) is 7.24. The number of rotatable bonds is 19. The summed E-state index contributed by atoms with van der Waals surface area (Å²) >= 11 is 1.03. The average molecular weight is 783 g/mol. The van der Waals surface area contributed by atoms with Crippen LogP contribution in [0.4, 0.5) is 5.82 Å². The molecule has 28 heteroatoms. The Kier molecular flexibility index (Phi) is 14.2. The van der Waals surface area contributed by atoms with Crippen LogP contribution in [0.15, 0.2) is 12.7 Å². The van der Waals surface area contributed by atoms with Crippen molar-refractivity contribution in [1.82, 2.24) is 30.2 Å². The van der Waals surface area contributed by atoms with Crippen LogP contribution < -0.4 is 21.5 Å². The summed E-state index contributed by atoms with van der Waals surface area (Å²) in [7, 11) is -16.3. The van der Waals surface area contributed by atoms with E-state index in [1.54, 1.807) is 0 Å². The molecule has 7 atom stereocenters. The number of carbonyl (C=O) groups is 2. The van der Waals surface area contributed by atoms with Gasteiger partial charge in [0.1, 0.15) is 36.3 Å². The van der Waals surface area contributed by atoms with Crippen molar-refractivity contribution >= 4 is 64.2 Å². The van der Waals surface area contributed by atoms with Crippen LogP contribution in [0.1, 0.15) is 26.5 Å². The highest BCUT2D eigenvalue weighted by Gasteiger charge is 2.50. The lowest BCUT2D eigenvalue weighted by atomic mass is 9.87. The predicted octanol–water partition coefficient (Wildman–Crippen LogP) is -1.99. The number of nitrogens with zero attached hydrogens (tertiary/aromatic N) is 4. The zero-order valence-corrected chi connectivity index (χ0v) is 29.2. The third-order valence-electron chi connectivity index (χ3n) is 6.62. The maximum absolute atomic E-state index is 12.6. The first-order valence-corrected chi connectivity index (χ1v) is 19.4. The summed E-state index contributed by atoms with van der Waals surface area (Å²) < 4.78 is 61.8. The Morgan fingerprint density at radius 2 is 1.78 bits per heavy atom. The smallest absolute Gasteiger partial charge is 0.386 e. The Labute approximate surface area is 281 Å². The van der Waals surface area contributed by atoms with Crippen molar-refractivity contribution in [3.8, 4) is 0 Å². The van der Waals surface area contributed by atoms with E-state index in [2.05, 4.69) is 34.4 Å². The van der Waals surface area contributed by atoms with Crippen molar-refractivity contribution in [2.75, 3.05) is 37.8 Å². The Morgan fingerprint density at radius 1 is 1.10 bits per heavy atom. The first-order chi connectivity index (χ1) is 22.7. The van der Waals surface area contributed by atoms with Gasteiger partial charge in [0.15, 0.2) is 17.7 Å². The molecule has 0 aromatic carbocycles. The number of ether oxygens (including phenoxy) is 1. The Balaban J connectivity index is 1.59. The van der Waals surface area contributed by atoms with E-state index in [9.17, 15) is 53.1 Å². The van der Waals surface area contributed by atoms with Gasteiger partial charge in [-0.25, -0.2) is 28.6 Å². The number of imidazole rings is 1. The molecule has 3 heterocycles. The lowest BCUT2D eigenvalue weighted by Crippen LogP contribution is -2.46. The number of hydrogen-bond donors (Lipinski definition) is 10. The van der Waals surface area contributed by atoms with Gasteiger partial charge in [0.2, 0.25) is 11.8 Å². The predicted molar refractivity (Wildman–Crippen MR) is 166 cm³/mol. The third kappa shape index (κ3) is 12.0. The van der Waals surface area contributed by atoms with Gasteiger partial charge in [0, 0.05) is 30.7 Å². The van der Waals surface area contributed by atoms with Crippen molar-refractivity contribution in [3.63, 3.8) is 0 Å². The van der Waals surface area contributed by atoms with E-state index in [1.807, 2.05) is 0 Å². The summed E-state index contributed by atoms with van der Waals surface area (Å²) in [6, 6.07) is 0. The monoisotopic (exact) mass is 782 g/mol. The Bertz CT molecular complexity index is 1610. The van der Waals surface area contributed by atoms with E-state index in [1.165, 1.54) is 13.8 Å². The summed E-state index contributed by atoms with van der Waals surface area (Å²) in [6.07, 6.45) is -6.77. The fraction of sp³-hybridized carbons (Fsp3) is 0.667. The molecule has 0 saturated carbocycles. The van der Waals surface area contributed by atoms with E-state index >= 15 is 0 Å². The number of carbonyl (C=O) groups excluding carboxylic acids is 2. The second kappa shape index (κ2) is 16.9. The van der Waals surface area contributed by atoms with Crippen LogP contribution in [-0.2, 0) is 45.9 Å². The molecule has 3 rings (SSSR count). The Morgan fingerprint density at radius 3 is 2.43 bits per heavy atom. The molecule has 0 spiro atoms. The van der Waals surface area contributed by atoms with E-state index in [-0.39, 0.29) is 35.9 Å². The second-order valence-electron chi connectivity index (χ2n) is 10.9. The zero-order valence-electron chi connectivity index (χ0n) is 25.7. The van der Waals surface area contributed by atoms with Gasteiger partial charge in [-0.15, -0.1) is 0 Å². The topological polar surface area (TPSA) is 373 Å². The van der Waals surface area contributed by atoms with Gasteiger partial charge in [0.25, 0.3) is 0 Å². The molecule has 2 unspecified atom stereocenters. The lowest BCUT2D eigenvalue weighted by molar-refractivity contribution is -0.137. The highest BCUT2D eigenvalue weighted by Crippen LogP contribution is 2.61. The number of hydrogen-bond acceptors (Lipinski definition) is 18. The minimum Gasteiger partial charge on any atom is -0.386 e. The molecule has 1 saturated heterocycles. The molecule has 0 aliphatic carbocycles. The van der Waals surface area contributed by atoms with Crippen LogP contribution in [0.2, 0.25) is 0 Å². The van der Waals surface area contributed by atoms with E-state index in [0.29, 0.717) is 12.3 Å². The minimum absolute atomic E-state index is 0.0360. The second-order valence-corrected chi connectivity index (χ2v) is 15.9. The van der Waals surface area contributed by atoms with Crippen molar-refractivity contribution in [2.24, 2.45) is 10.6 Å². The fourth-order valence-electron chi connectivity index (χ4n) is 4.19. The molecule has 1 aliphatic rings. The maximum Gasteiger partial charge on any atom is 0.481 e. The van der Waals surface area contributed by atoms with E-state index in [4.69, 9.17) is 24.7 Å². The van der Waals surface area contributed by atoms with Crippen molar-refractivity contribution in [3.05, 3.63) is 12.7 Å². The van der Waals surface area contributed by atoms with Crippen LogP contribution in [0.25, 0.3) is 11.2 Å². The molecule has 1 fully saturated rings. The van der Waals surface area contributed by atoms with Crippen LogP contribution in [0.5, 0.6) is 0 Å². The number of phosphoric ester groups is 3. The standard InChI is InChI=1S/C21H37N8O16P3S/c1-21(2,16(32)19(33)25-4-3-12(30)24-5-6-49-23)8-42-48(39,40)45-47(37,38)41-7-11-15(44-46(34,35)36)14(31)20(43-11)29-10-28-13-17(22)26-9-27-18(13)29/h9-11,14-16,20,31-32H,3-8,23H2,1-2H3,(H,24,30)(H,25,33)(H,37,38)(H,39,40)(H2,22,26,27)(H2,34,35,36)/t11-,14-,15-,16+,20-/m1/s1. The molecule has 0 radical (unpaired) electrons. The van der Waals surface area contributed by atoms with Crippen LogP contribution in [0, 0.1) is 5.41 Å². The van der Waals surface area contributed by atoms with Gasteiger partial charge in [-0.2, -0.15) is 4.31 Å². The summed E-state index contributed by atoms with van der Waals surface area (Å²) in [5, 5.41) is 31.4. The highest BCUT2D eigenvalue weighted by atomic mass is 32.2. The number of nitrogens with two attached hydrogens (primary N) is 2. The third-order valence-corrected chi connectivity index (χ3v) is 10.2. The molecule has 24 nitrogen and oxygen atoms in total. The molecule has 12 N–H and O–H groups in total. The molecule has 278 valence electrons. The maximum atomic E-state index is 12.6. The minimum atomic E-state index is -5.54. The van der Waals surface area contributed by atoms with Gasteiger partial charge in [-0.05, 0) is 0 Å². The largest absolute Gasteiger partial charge is 0.481 e. The zero-order chi connectivity index (χ0) is 36.8. The first kappa shape index (κ1) is 41.3. The van der Waals surface area contributed by atoms with Crippen molar-refractivity contribution in [2.45, 2.75) is 50.9 Å². The summed E-state index contributed by atoms with van der Waals surface area (Å²) in [5.74, 6) is -0.891. The van der Waals surface area contributed by atoms with Crippen molar-refractivity contribution in [1.29, 1.82) is 0 Å². The lowest BCUT2D eigenvalue weighted by Gasteiger charge is -2.30. The van der Waals surface area contributed by atoms with Gasteiger partial charge in [-0.3, -0.25) is 32.9 Å². The summed E-state index contributed by atoms with van der Waals surface area (Å²) in [5.41, 5.74) is 4.29. The highest BCUT2D eigenvalue weighted by molar-refractivity contribution is 7.97. The van der Waals surface area contributed by atoms with E-state index in [0.717, 1.165) is 29.2 Å². The van der Waals surface area contributed by atoms with Crippen LogP contribution in [0.3, 0.4) is 0 Å². The molecular formula is C21H37N8O16P3S. The molecule has 2 aromatic heterocycles. The number of anilines is 1. The molecule has 2 amide bonds. The number of aliphatic hydroxyl groups excluding tert-OH is 2. The number of nitrogen functional groups attached to an aromatic ring is 1. The van der Waals surface area contributed by atoms with Gasteiger partial charge < -0.3 is 50.9 Å². The molecule has 1 aliphatic heterocycles. The molecule has 49 heavy (non-hydrogen) atoms. The molecule has 2 aromatic rings. The van der Waals surface area contributed by atoms with E-state index < -0.39 is 78.6 Å². The first-order valence-electron chi connectivity index (χ1n) is 13.9. The van der Waals surface area contributed by atoms with Crippen molar-refractivity contribution < 1.29 is 75.7 Å². The summed E-state index contributed by atoms with van der Waals surface area (Å²) in [4.78, 5) is 74.8. The average Bonchev–Trinajstić information content (AvgIpc) is 3.55. The van der Waals surface area contributed by atoms with Crippen LogP contribution in [-0.4, -0.2) is 118 Å². The normalized spacial score (nSPS) is 23.1. The number of amides is 2. The molecule has 0 bridgehead atoms. The quantitative estimate of drug-likeness (QED) is 0.0419. The number of nitrogens with one attached hydrogen (secondary N) is 2. The molecular weight excluding hydrogens is 745 g/mol. The number of fused-ring (bicyclic) bond motifs is 1. The Hall–Kier alpha value is -2.15. The number of aromatic nitrogens is 4. The van der Waals surface area contributed by atoms with Gasteiger partial charge in [0.05, 0.1) is 19.5 Å². The SMILES string of the molecule is CC(C)(COP(=O)(O)OP(=O)(O)OC[C@H]1O[C@@H](n2cnc3c(N)ncnc32)[C@H](O)[C@@H]1OP(=O)(O)O)[C@@H](O)C(=O)NCCC(=O)NCCSN. The van der Waals surface area contributed by atoms with Gasteiger partial charge >= 0.3 is 23.5 Å². The number of aliphatic hydroxyl groups is 2. The van der Waals surface area contributed by atoms with Gasteiger partial charge in [-0.1, -0.05) is 25.8 Å². The summed E-state index contributed by atoms with van der Waals surface area (Å²) in [6.45, 7) is 0.699. The number of phosphoric acid groups is 3. The van der Waals surface area contributed by atoms with Crippen LogP contribution >= 0.6 is 35.4 Å².